The minimum atomic E-state index is -0.620. The first-order chi connectivity index (χ1) is 15.4. The van der Waals surface area contributed by atoms with Crippen molar-refractivity contribution in [2.24, 2.45) is 10.2 Å². The van der Waals surface area contributed by atoms with E-state index >= 15 is 0 Å². The van der Waals surface area contributed by atoms with Crippen LogP contribution >= 0.6 is 11.8 Å². The number of ether oxygens (including phenoxy) is 2. The molecule has 2 aromatic rings. The second kappa shape index (κ2) is 10.5. The highest BCUT2D eigenvalue weighted by molar-refractivity contribution is 8.18. The fourth-order valence-electron chi connectivity index (χ4n) is 2.70. The first-order valence-corrected chi connectivity index (χ1v) is 10.5. The quantitative estimate of drug-likeness (QED) is 0.312. The second-order valence-corrected chi connectivity index (χ2v) is 7.93. The van der Waals surface area contributed by atoms with E-state index in [4.69, 9.17) is 4.74 Å². The van der Waals surface area contributed by atoms with Crippen LogP contribution in [0.4, 0.5) is 0 Å². The van der Waals surface area contributed by atoms with Crippen LogP contribution in [0.5, 0.6) is 0 Å². The normalized spacial score (nSPS) is 16.1. The van der Waals surface area contributed by atoms with E-state index in [9.17, 15) is 14.4 Å². The molecule has 0 aromatic heterocycles. The molecule has 1 aliphatic rings. The molecule has 1 saturated heterocycles. The summed E-state index contributed by atoms with van der Waals surface area (Å²) in [6.07, 6.45) is 2.45. The van der Waals surface area contributed by atoms with Gasteiger partial charge in [0.2, 0.25) is 0 Å². The molecule has 164 valence electrons. The number of esters is 2. The molecule has 1 aliphatic heterocycles. The predicted molar refractivity (Wildman–Crippen MR) is 123 cm³/mol. The third-order valence-corrected chi connectivity index (χ3v) is 5.02. The molecule has 1 heterocycles. The molecule has 1 fully saturated rings. The molecule has 0 radical (unpaired) electrons. The average molecular weight is 452 g/mol. The number of nitrogens with zero attached hydrogens (tertiary/aromatic N) is 2. The van der Waals surface area contributed by atoms with Crippen LogP contribution in [0.25, 0.3) is 11.1 Å². The number of hydrogen-bond donors (Lipinski definition) is 1. The molecule has 3 rings (SSSR count). The summed E-state index contributed by atoms with van der Waals surface area (Å²) in [5, 5.41) is 10.8. The molecule has 1 amide bonds. The number of hydrogen-bond acceptors (Lipinski definition) is 8. The van der Waals surface area contributed by atoms with Gasteiger partial charge in [-0.3, -0.25) is 10.1 Å². The van der Waals surface area contributed by atoms with Gasteiger partial charge in [0.05, 0.1) is 29.9 Å². The maximum atomic E-state index is 12.2. The van der Waals surface area contributed by atoms with Crippen molar-refractivity contribution in [2.75, 3.05) is 7.11 Å². The Morgan fingerprint density at radius 3 is 2.53 bits per heavy atom. The van der Waals surface area contributed by atoms with Crippen LogP contribution in [0, 0.1) is 0 Å². The van der Waals surface area contributed by atoms with E-state index in [-0.39, 0.29) is 22.1 Å². The Morgan fingerprint density at radius 2 is 1.81 bits per heavy atom. The zero-order valence-corrected chi connectivity index (χ0v) is 18.5. The number of nitrogens with one attached hydrogen (secondary N) is 1. The molecule has 0 atom stereocenters. The molecule has 1 N–H and O–H groups in total. The number of thioether (sulfide) groups is 1. The second-order valence-electron chi connectivity index (χ2n) is 6.90. The third-order valence-electron chi connectivity index (χ3n) is 4.12. The van der Waals surface area contributed by atoms with Crippen LogP contribution in [0.2, 0.25) is 0 Å². The minimum absolute atomic E-state index is 0.184. The summed E-state index contributed by atoms with van der Waals surface area (Å²) in [7, 11) is 1.23. The first-order valence-electron chi connectivity index (χ1n) is 9.67. The van der Waals surface area contributed by atoms with Crippen LogP contribution in [0.3, 0.4) is 0 Å². The summed E-state index contributed by atoms with van der Waals surface area (Å²) in [6.45, 7) is 3.61. The Labute approximate surface area is 189 Å². The maximum Gasteiger partial charge on any atom is 0.338 e. The Bertz CT molecular complexity index is 1140. The largest absolute Gasteiger partial charge is 0.466 e. The summed E-state index contributed by atoms with van der Waals surface area (Å²) >= 11 is 0.998. The fraction of sp³-hybridized carbons (Fsp3) is 0.174. The molecule has 0 bridgehead atoms. The van der Waals surface area contributed by atoms with Crippen LogP contribution < -0.4 is 5.32 Å². The lowest BCUT2D eigenvalue weighted by atomic mass is 10.0. The van der Waals surface area contributed by atoms with Gasteiger partial charge in [0, 0.05) is 6.08 Å². The van der Waals surface area contributed by atoms with Crippen LogP contribution in [-0.4, -0.2) is 42.4 Å². The zero-order valence-electron chi connectivity index (χ0n) is 17.7. The number of carbonyl (C=O) groups is 3. The van der Waals surface area contributed by atoms with Crippen molar-refractivity contribution in [1.82, 2.24) is 5.32 Å². The van der Waals surface area contributed by atoms with Crippen LogP contribution in [0.15, 0.2) is 69.7 Å². The zero-order chi connectivity index (χ0) is 23.1. The highest BCUT2D eigenvalue weighted by Crippen LogP contribution is 2.24. The van der Waals surface area contributed by atoms with E-state index in [1.807, 2.05) is 30.3 Å². The topological polar surface area (TPSA) is 106 Å². The summed E-state index contributed by atoms with van der Waals surface area (Å²) in [6, 6.07) is 14.7. The van der Waals surface area contributed by atoms with Crippen molar-refractivity contribution in [3.05, 3.63) is 70.6 Å². The van der Waals surface area contributed by atoms with Gasteiger partial charge in [-0.2, -0.15) is 5.10 Å². The van der Waals surface area contributed by atoms with Crippen molar-refractivity contribution < 1.29 is 23.9 Å². The highest BCUT2D eigenvalue weighted by Gasteiger charge is 2.25. The molecule has 0 aliphatic carbocycles. The molecular formula is C23H21N3O5S. The van der Waals surface area contributed by atoms with Gasteiger partial charge in [0.25, 0.3) is 5.91 Å². The molecule has 0 saturated carbocycles. The summed E-state index contributed by atoms with van der Waals surface area (Å²) in [5.41, 5.74) is 3.02. The lowest BCUT2D eigenvalue weighted by Gasteiger charge is -2.09. The van der Waals surface area contributed by atoms with E-state index in [1.54, 1.807) is 38.3 Å². The van der Waals surface area contributed by atoms with E-state index in [2.05, 4.69) is 20.3 Å². The molecule has 0 unspecified atom stereocenters. The lowest BCUT2D eigenvalue weighted by molar-refractivity contribution is -0.135. The number of rotatable bonds is 6. The SMILES string of the molecule is COC(=O)/C=C1/S/C(=N\N=Cc2cccc(-c3cccc(C(=O)OC(C)C)c3)c2)NC1=O. The van der Waals surface area contributed by atoms with Gasteiger partial charge < -0.3 is 9.47 Å². The molecule has 32 heavy (non-hydrogen) atoms. The lowest BCUT2D eigenvalue weighted by Crippen LogP contribution is -2.19. The van der Waals surface area contributed by atoms with Crippen molar-refractivity contribution in [3.63, 3.8) is 0 Å². The third kappa shape index (κ3) is 6.14. The van der Waals surface area contributed by atoms with Gasteiger partial charge in [-0.15, -0.1) is 5.10 Å². The van der Waals surface area contributed by atoms with Crippen LogP contribution in [-0.2, 0) is 19.1 Å². The molecule has 9 heteroatoms. The van der Waals surface area contributed by atoms with Crippen LogP contribution in [0.1, 0.15) is 29.8 Å². The molecule has 8 nitrogen and oxygen atoms in total. The van der Waals surface area contributed by atoms with Gasteiger partial charge >= 0.3 is 11.9 Å². The molecular weight excluding hydrogens is 430 g/mol. The van der Waals surface area contributed by atoms with E-state index in [0.717, 1.165) is 34.5 Å². The Balaban J connectivity index is 1.74. The van der Waals surface area contributed by atoms with E-state index in [1.165, 1.54) is 7.11 Å². The van der Waals surface area contributed by atoms with Gasteiger partial charge in [-0.25, -0.2) is 9.59 Å². The highest BCUT2D eigenvalue weighted by atomic mass is 32.2. The van der Waals surface area contributed by atoms with E-state index in [0.29, 0.717) is 5.56 Å². The predicted octanol–water partition coefficient (Wildman–Crippen LogP) is 3.53. The van der Waals surface area contributed by atoms with Crippen molar-refractivity contribution in [2.45, 2.75) is 20.0 Å². The number of benzene rings is 2. The monoisotopic (exact) mass is 451 g/mol. The summed E-state index contributed by atoms with van der Waals surface area (Å²) in [4.78, 5) is 35.5. The van der Waals surface area contributed by atoms with E-state index < -0.39 is 11.9 Å². The average Bonchev–Trinajstić information content (AvgIpc) is 3.12. The fourth-order valence-corrected chi connectivity index (χ4v) is 3.43. The number of amidine groups is 1. The summed E-state index contributed by atoms with van der Waals surface area (Å²) in [5.74, 6) is -1.43. The minimum Gasteiger partial charge on any atom is -0.466 e. The maximum absolute atomic E-state index is 12.2. The molecule has 0 spiro atoms. The first kappa shape index (κ1) is 23.0. The van der Waals surface area contributed by atoms with Crippen molar-refractivity contribution in [1.29, 1.82) is 0 Å². The van der Waals surface area contributed by atoms with Gasteiger partial charge in [0.1, 0.15) is 0 Å². The number of amides is 1. The van der Waals surface area contributed by atoms with Gasteiger partial charge in [-0.05, 0) is 60.5 Å². The standard InChI is InChI=1S/C23H21N3O5S/c1-14(2)31-22(29)18-9-5-8-17(11-18)16-7-4-6-15(10-16)13-24-26-23-25-21(28)19(32-23)12-20(27)30-3/h4-14H,1-3H3,(H,25,26,28)/b19-12+,24-13?. The van der Waals surface area contributed by atoms with Gasteiger partial charge in [0.15, 0.2) is 5.17 Å². The van der Waals surface area contributed by atoms with Gasteiger partial charge in [-0.1, -0.05) is 30.3 Å². The Kier molecular flexibility index (Phi) is 7.56. The number of methoxy groups -OCH3 is 1. The van der Waals surface area contributed by atoms with Crippen molar-refractivity contribution in [3.8, 4) is 11.1 Å². The number of carbonyl (C=O) groups excluding carboxylic acids is 3. The summed E-state index contributed by atoms with van der Waals surface area (Å²) < 4.78 is 9.77. The van der Waals surface area contributed by atoms with Crippen molar-refractivity contribution >= 4 is 41.0 Å². The Morgan fingerprint density at radius 1 is 1.09 bits per heavy atom. The smallest absolute Gasteiger partial charge is 0.338 e. The Hall–Kier alpha value is -3.72. The molecule has 2 aromatic carbocycles.